The summed E-state index contributed by atoms with van der Waals surface area (Å²) in [6, 6.07) is 5.48. The minimum Gasteiger partial charge on any atom is -0.369 e. The van der Waals surface area contributed by atoms with Gasteiger partial charge in [-0.3, -0.25) is 9.69 Å². The van der Waals surface area contributed by atoms with Crippen LogP contribution in [0, 0.1) is 0 Å². The fraction of sp³-hybridized carbons (Fsp3) is 0.455. The number of halogens is 3. The quantitative estimate of drug-likeness (QED) is 0.653. The van der Waals surface area contributed by atoms with Crippen LogP contribution in [0.25, 0.3) is 10.2 Å². The first-order chi connectivity index (χ1) is 14.9. The highest BCUT2D eigenvalue weighted by Crippen LogP contribution is 2.34. The molecule has 2 aromatic heterocycles. The number of thiophene rings is 1. The van der Waals surface area contributed by atoms with Crippen LogP contribution in [0.4, 0.5) is 18.9 Å². The Balaban J connectivity index is 1.28. The van der Waals surface area contributed by atoms with Crippen LogP contribution in [0.2, 0.25) is 0 Å². The molecule has 1 aliphatic carbocycles. The maximum atomic E-state index is 13.0. The predicted octanol–water partition coefficient (Wildman–Crippen LogP) is 4.20. The standard InChI is InChI=1S/C22H23F3N4OS/c23-22(24,25)14-4-3-5-15(12-14)29-10-8-28(9-11-29)13-18-26-20(30)19-16-6-1-2-7-17(16)31-21(19)27-18/h3-5,12H,1-2,6-11,13H2,(H,26,27,30). The normalized spacial score (nSPS) is 17.8. The van der Waals surface area contributed by atoms with Crippen molar-refractivity contribution in [1.82, 2.24) is 14.9 Å². The van der Waals surface area contributed by atoms with Gasteiger partial charge in [-0.1, -0.05) is 6.07 Å². The SMILES string of the molecule is O=c1[nH]c(CN2CCN(c3cccc(C(F)(F)F)c3)CC2)nc2sc3c(c12)CCCC3. The summed E-state index contributed by atoms with van der Waals surface area (Å²) in [5.41, 5.74) is 1.09. The zero-order valence-corrected chi connectivity index (χ0v) is 17.8. The molecule has 1 aromatic carbocycles. The van der Waals surface area contributed by atoms with E-state index in [4.69, 9.17) is 4.98 Å². The van der Waals surface area contributed by atoms with E-state index < -0.39 is 11.7 Å². The number of hydrogen-bond donors (Lipinski definition) is 1. The lowest BCUT2D eigenvalue weighted by Crippen LogP contribution is -2.46. The first-order valence-electron chi connectivity index (χ1n) is 10.6. The monoisotopic (exact) mass is 448 g/mol. The third kappa shape index (κ3) is 4.08. The Morgan fingerprint density at radius 1 is 1.10 bits per heavy atom. The summed E-state index contributed by atoms with van der Waals surface area (Å²) >= 11 is 1.64. The molecular formula is C22H23F3N4OS. The van der Waals surface area contributed by atoms with E-state index in [2.05, 4.69) is 9.88 Å². The van der Waals surface area contributed by atoms with Crippen LogP contribution in [-0.4, -0.2) is 41.0 Å². The number of rotatable bonds is 3. The molecular weight excluding hydrogens is 425 g/mol. The minimum atomic E-state index is -4.34. The van der Waals surface area contributed by atoms with Crippen molar-refractivity contribution in [2.45, 2.75) is 38.4 Å². The first kappa shape index (κ1) is 20.5. The van der Waals surface area contributed by atoms with E-state index in [1.54, 1.807) is 17.4 Å². The second-order valence-electron chi connectivity index (χ2n) is 8.21. The lowest BCUT2D eigenvalue weighted by molar-refractivity contribution is -0.137. The highest BCUT2D eigenvalue weighted by molar-refractivity contribution is 7.18. The molecule has 3 aromatic rings. The second-order valence-corrected chi connectivity index (χ2v) is 9.30. The van der Waals surface area contributed by atoms with Crippen LogP contribution in [0.1, 0.15) is 34.7 Å². The molecule has 3 heterocycles. The first-order valence-corrected chi connectivity index (χ1v) is 11.4. The number of aryl methyl sites for hydroxylation is 2. The number of aromatic nitrogens is 2. The van der Waals surface area contributed by atoms with Crippen LogP contribution < -0.4 is 10.5 Å². The van der Waals surface area contributed by atoms with Gasteiger partial charge in [0.1, 0.15) is 10.7 Å². The largest absolute Gasteiger partial charge is 0.416 e. The summed E-state index contributed by atoms with van der Waals surface area (Å²) in [4.78, 5) is 26.7. The average molecular weight is 449 g/mol. The van der Waals surface area contributed by atoms with E-state index in [0.29, 0.717) is 44.2 Å². The molecule has 1 fully saturated rings. The van der Waals surface area contributed by atoms with Gasteiger partial charge in [-0.2, -0.15) is 13.2 Å². The van der Waals surface area contributed by atoms with Crippen molar-refractivity contribution in [2.75, 3.05) is 31.1 Å². The summed E-state index contributed by atoms with van der Waals surface area (Å²) in [5.74, 6) is 0.656. The van der Waals surface area contributed by atoms with Crippen molar-refractivity contribution in [1.29, 1.82) is 0 Å². The van der Waals surface area contributed by atoms with E-state index in [0.717, 1.165) is 35.5 Å². The van der Waals surface area contributed by atoms with E-state index in [1.165, 1.54) is 29.0 Å². The topological polar surface area (TPSA) is 52.2 Å². The highest BCUT2D eigenvalue weighted by atomic mass is 32.1. The molecule has 0 radical (unpaired) electrons. The maximum Gasteiger partial charge on any atom is 0.416 e. The Hall–Kier alpha value is -2.39. The van der Waals surface area contributed by atoms with Crippen LogP contribution in [0.15, 0.2) is 29.1 Å². The van der Waals surface area contributed by atoms with Gasteiger partial charge in [0, 0.05) is 36.7 Å². The number of H-pyrrole nitrogens is 1. The number of hydrogen-bond acceptors (Lipinski definition) is 5. The van der Waals surface area contributed by atoms with Crippen LogP contribution in [0.5, 0.6) is 0 Å². The van der Waals surface area contributed by atoms with E-state index in [-0.39, 0.29) is 5.56 Å². The van der Waals surface area contributed by atoms with Gasteiger partial charge in [0.05, 0.1) is 17.5 Å². The van der Waals surface area contributed by atoms with Gasteiger partial charge in [-0.15, -0.1) is 11.3 Å². The molecule has 0 unspecified atom stereocenters. The van der Waals surface area contributed by atoms with Gasteiger partial charge in [0.25, 0.3) is 5.56 Å². The molecule has 5 nitrogen and oxygen atoms in total. The van der Waals surface area contributed by atoms with Crippen LogP contribution in [0.3, 0.4) is 0 Å². The summed E-state index contributed by atoms with van der Waals surface area (Å²) in [6.45, 7) is 3.17. The second kappa shape index (κ2) is 7.94. The molecule has 9 heteroatoms. The third-order valence-electron chi connectivity index (χ3n) is 6.16. The van der Waals surface area contributed by atoms with Gasteiger partial charge in [0.15, 0.2) is 0 Å². The fourth-order valence-corrected chi connectivity index (χ4v) is 5.82. The summed E-state index contributed by atoms with van der Waals surface area (Å²) < 4.78 is 39.0. The Labute approximate surface area is 181 Å². The van der Waals surface area contributed by atoms with Gasteiger partial charge in [0.2, 0.25) is 0 Å². The molecule has 0 saturated carbocycles. The molecule has 1 saturated heterocycles. The third-order valence-corrected chi connectivity index (χ3v) is 7.34. The van der Waals surface area contributed by atoms with Gasteiger partial charge in [-0.05, 0) is 49.4 Å². The predicted molar refractivity (Wildman–Crippen MR) is 116 cm³/mol. The number of nitrogens with zero attached hydrogens (tertiary/aromatic N) is 3. The lowest BCUT2D eigenvalue weighted by Gasteiger charge is -2.36. The molecule has 0 atom stereocenters. The van der Waals surface area contributed by atoms with Crippen LogP contribution >= 0.6 is 11.3 Å². The zero-order valence-electron chi connectivity index (χ0n) is 17.0. The van der Waals surface area contributed by atoms with Gasteiger partial charge < -0.3 is 9.88 Å². The molecule has 2 aliphatic rings. The number of aromatic amines is 1. The molecule has 0 spiro atoms. The molecule has 5 rings (SSSR count). The van der Waals surface area contributed by atoms with Crippen molar-refractivity contribution in [3.8, 4) is 0 Å². The minimum absolute atomic E-state index is 0.0537. The van der Waals surface area contributed by atoms with Crippen LogP contribution in [-0.2, 0) is 25.6 Å². The molecule has 0 bridgehead atoms. The van der Waals surface area contributed by atoms with Crippen molar-refractivity contribution in [2.24, 2.45) is 0 Å². The van der Waals surface area contributed by atoms with Crippen molar-refractivity contribution < 1.29 is 13.2 Å². The molecule has 0 amide bonds. The van der Waals surface area contributed by atoms with Gasteiger partial charge >= 0.3 is 6.18 Å². The smallest absolute Gasteiger partial charge is 0.369 e. The number of nitrogens with one attached hydrogen (secondary N) is 1. The average Bonchev–Trinajstić information content (AvgIpc) is 3.12. The van der Waals surface area contributed by atoms with Crippen molar-refractivity contribution in [3.63, 3.8) is 0 Å². The summed E-state index contributed by atoms with van der Waals surface area (Å²) in [7, 11) is 0. The molecule has 164 valence electrons. The summed E-state index contributed by atoms with van der Waals surface area (Å²) in [5, 5.41) is 0.762. The number of benzene rings is 1. The Morgan fingerprint density at radius 2 is 1.87 bits per heavy atom. The number of alkyl halides is 3. The zero-order chi connectivity index (χ0) is 21.6. The Morgan fingerprint density at radius 3 is 2.65 bits per heavy atom. The number of fused-ring (bicyclic) bond motifs is 3. The van der Waals surface area contributed by atoms with Gasteiger partial charge in [-0.25, -0.2) is 4.98 Å². The van der Waals surface area contributed by atoms with Crippen molar-refractivity contribution >= 4 is 27.2 Å². The van der Waals surface area contributed by atoms with E-state index >= 15 is 0 Å². The molecule has 1 aliphatic heterocycles. The fourth-order valence-electron chi connectivity index (χ4n) is 4.54. The molecule has 31 heavy (non-hydrogen) atoms. The highest BCUT2D eigenvalue weighted by Gasteiger charge is 2.31. The maximum absolute atomic E-state index is 13.0. The number of piperazine rings is 1. The van der Waals surface area contributed by atoms with E-state index in [9.17, 15) is 18.0 Å². The summed E-state index contributed by atoms with van der Waals surface area (Å²) in [6.07, 6.45) is -0.0640. The van der Waals surface area contributed by atoms with Crippen molar-refractivity contribution in [3.05, 3.63) is 56.4 Å². The Bertz CT molecular complexity index is 1160. The number of anilines is 1. The Kier molecular flexibility index (Phi) is 5.26. The molecule has 1 N–H and O–H groups in total. The lowest BCUT2D eigenvalue weighted by atomic mass is 9.97. The van der Waals surface area contributed by atoms with E-state index in [1.807, 2.05) is 4.90 Å².